The van der Waals surface area contributed by atoms with Crippen LogP contribution in [0.3, 0.4) is 0 Å². The predicted molar refractivity (Wildman–Crippen MR) is 108 cm³/mol. The molecular weight excluding hydrogens is 417 g/mol. The van der Waals surface area contributed by atoms with Gasteiger partial charge in [-0.15, -0.1) is 24.0 Å². The lowest BCUT2D eigenvalue weighted by molar-refractivity contribution is -0.0320. The van der Waals surface area contributed by atoms with E-state index >= 15 is 0 Å². The number of rotatable bonds is 5. The summed E-state index contributed by atoms with van der Waals surface area (Å²) in [5.41, 5.74) is 0.601. The van der Waals surface area contributed by atoms with Crippen molar-refractivity contribution in [1.82, 2.24) is 10.2 Å². The van der Waals surface area contributed by atoms with Gasteiger partial charge in [0, 0.05) is 46.5 Å². The molecule has 2 heterocycles. The quantitative estimate of drug-likeness (QED) is 0.302. The second kappa shape index (κ2) is 10.2. The Balaban J connectivity index is 0.00000208. The molecule has 0 radical (unpaired) electrons. The van der Waals surface area contributed by atoms with Crippen molar-refractivity contribution in [3.05, 3.63) is 0 Å². The largest absolute Gasteiger partial charge is 0.381 e. The first kappa shape index (κ1) is 20.2. The number of ether oxygens (including phenoxy) is 2. The maximum Gasteiger partial charge on any atom is 0.193 e. The van der Waals surface area contributed by atoms with Crippen molar-refractivity contribution in [2.75, 3.05) is 46.5 Å². The third-order valence-electron chi connectivity index (χ3n) is 5.74. The lowest BCUT2D eigenvalue weighted by atomic mass is 9.86. The predicted octanol–water partition coefficient (Wildman–Crippen LogP) is 3.03. The van der Waals surface area contributed by atoms with Gasteiger partial charge < -0.3 is 19.7 Å². The lowest BCUT2D eigenvalue weighted by Crippen LogP contribution is -2.41. The molecule has 1 saturated carbocycles. The third-order valence-corrected chi connectivity index (χ3v) is 5.74. The standard InChI is InChI=1S/C18H33N3O2.HI/c1-19-17(21-11-9-18(15-21)7-2-3-8-18)20-10-4-12-23-16-5-13-22-14-6-16;/h16H,2-15H2,1H3,(H,19,20);1H. The monoisotopic (exact) mass is 451 g/mol. The van der Waals surface area contributed by atoms with E-state index in [0.29, 0.717) is 11.5 Å². The Morgan fingerprint density at radius 3 is 2.71 bits per heavy atom. The van der Waals surface area contributed by atoms with Gasteiger partial charge in [0.15, 0.2) is 5.96 Å². The number of hydrogen-bond acceptors (Lipinski definition) is 3. The summed E-state index contributed by atoms with van der Waals surface area (Å²) in [6.45, 7) is 5.85. The average molecular weight is 451 g/mol. The highest BCUT2D eigenvalue weighted by atomic mass is 127. The summed E-state index contributed by atoms with van der Waals surface area (Å²) in [6, 6.07) is 0. The molecule has 1 N–H and O–H groups in total. The average Bonchev–Trinajstić information content (AvgIpc) is 3.22. The molecule has 140 valence electrons. The van der Waals surface area contributed by atoms with Gasteiger partial charge in [0.2, 0.25) is 0 Å². The van der Waals surface area contributed by atoms with Crippen LogP contribution in [-0.4, -0.2) is 63.5 Å². The molecule has 0 aromatic carbocycles. The van der Waals surface area contributed by atoms with Crippen molar-refractivity contribution < 1.29 is 9.47 Å². The van der Waals surface area contributed by atoms with Crippen LogP contribution in [0, 0.1) is 5.41 Å². The Labute approximate surface area is 164 Å². The number of guanidine groups is 1. The number of halogens is 1. The molecule has 5 nitrogen and oxygen atoms in total. The van der Waals surface area contributed by atoms with Crippen LogP contribution in [0.25, 0.3) is 0 Å². The SMILES string of the molecule is CN=C(NCCCOC1CCOCC1)N1CCC2(CCCC2)C1.I. The summed E-state index contributed by atoms with van der Waals surface area (Å²) in [7, 11) is 1.90. The fourth-order valence-corrected chi connectivity index (χ4v) is 4.35. The minimum Gasteiger partial charge on any atom is -0.381 e. The molecule has 0 unspecified atom stereocenters. The van der Waals surface area contributed by atoms with Crippen LogP contribution in [0.5, 0.6) is 0 Å². The number of aliphatic imine (C=N–C) groups is 1. The Kier molecular flexibility index (Phi) is 8.57. The van der Waals surface area contributed by atoms with Gasteiger partial charge in [-0.2, -0.15) is 0 Å². The molecule has 3 fully saturated rings. The topological polar surface area (TPSA) is 46.1 Å². The van der Waals surface area contributed by atoms with Gasteiger partial charge in [0.25, 0.3) is 0 Å². The molecule has 3 rings (SSSR count). The smallest absolute Gasteiger partial charge is 0.193 e. The van der Waals surface area contributed by atoms with E-state index in [1.165, 1.54) is 38.6 Å². The summed E-state index contributed by atoms with van der Waals surface area (Å²) in [5, 5.41) is 3.53. The molecular formula is C18H34IN3O2. The lowest BCUT2D eigenvalue weighted by Gasteiger charge is -2.26. The van der Waals surface area contributed by atoms with Gasteiger partial charge in [0.1, 0.15) is 0 Å². The van der Waals surface area contributed by atoms with Crippen LogP contribution < -0.4 is 5.32 Å². The summed E-state index contributed by atoms with van der Waals surface area (Å²) in [6.07, 6.45) is 10.6. The first-order valence-electron chi connectivity index (χ1n) is 9.46. The number of hydrogen-bond donors (Lipinski definition) is 1. The van der Waals surface area contributed by atoms with E-state index in [1.54, 1.807) is 0 Å². The molecule has 24 heavy (non-hydrogen) atoms. The molecule has 1 aliphatic carbocycles. The normalized spacial score (nSPS) is 24.4. The first-order chi connectivity index (χ1) is 11.3. The van der Waals surface area contributed by atoms with Crippen LogP contribution >= 0.6 is 24.0 Å². The molecule has 2 aliphatic heterocycles. The van der Waals surface area contributed by atoms with Crippen LogP contribution in [0.15, 0.2) is 4.99 Å². The fourth-order valence-electron chi connectivity index (χ4n) is 4.35. The molecule has 2 saturated heterocycles. The summed E-state index contributed by atoms with van der Waals surface area (Å²) < 4.78 is 11.3. The molecule has 0 aromatic heterocycles. The molecule has 0 atom stereocenters. The fraction of sp³-hybridized carbons (Fsp3) is 0.944. The number of nitrogens with zero attached hydrogens (tertiary/aromatic N) is 2. The minimum atomic E-state index is 0. The van der Waals surface area contributed by atoms with Gasteiger partial charge in [-0.25, -0.2) is 0 Å². The van der Waals surface area contributed by atoms with E-state index in [0.717, 1.165) is 58.1 Å². The Morgan fingerprint density at radius 1 is 1.25 bits per heavy atom. The zero-order valence-corrected chi connectivity index (χ0v) is 17.4. The summed E-state index contributed by atoms with van der Waals surface area (Å²) in [4.78, 5) is 6.95. The first-order valence-corrected chi connectivity index (χ1v) is 9.46. The van der Waals surface area contributed by atoms with Crippen molar-refractivity contribution in [2.24, 2.45) is 10.4 Å². The highest BCUT2D eigenvalue weighted by molar-refractivity contribution is 14.0. The van der Waals surface area contributed by atoms with Crippen LogP contribution in [0.2, 0.25) is 0 Å². The van der Waals surface area contributed by atoms with Crippen molar-refractivity contribution in [3.8, 4) is 0 Å². The van der Waals surface area contributed by atoms with Crippen molar-refractivity contribution in [2.45, 2.75) is 57.5 Å². The molecule has 0 bridgehead atoms. The van der Waals surface area contributed by atoms with Crippen molar-refractivity contribution >= 4 is 29.9 Å². The second-order valence-corrected chi connectivity index (χ2v) is 7.39. The molecule has 0 amide bonds. The van der Waals surface area contributed by atoms with E-state index < -0.39 is 0 Å². The van der Waals surface area contributed by atoms with Crippen LogP contribution in [-0.2, 0) is 9.47 Å². The second-order valence-electron chi connectivity index (χ2n) is 7.39. The van der Waals surface area contributed by atoms with Crippen LogP contribution in [0.1, 0.15) is 51.4 Å². The molecule has 6 heteroatoms. The van der Waals surface area contributed by atoms with Crippen LogP contribution in [0.4, 0.5) is 0 Å². The van der Waals surface area contributed by atoms with E-state index in [1.807, 2.05) is 7.05 Å². The van der Waals surface area contributed by atoms with E-state index in [-0.39, 0.29) is 24.0 Å². The minimum absolute atomic E-state index is 0. The maximum atomic E-state index is 5.93. The summed E-state index contributed by atoms with van der Waals surface area (Å²) in [5.74, 6) is 1.08. The van der Waals surface area contributed by atoms with Crippen molar-refractivity contribution in [3.63, 3.8) is 0 Å². The molecule has 0 aromatic rings. The molecule has 1 spiro atoms. The number of likely N-dealkylation sites (tertiary alicyclic amines) is 1. The van der Waals surface area contributed by atoms with Gasteiger partial charge in [0.05, 0.1) is 6.10 Å². The van der Waals surface area contributed by atoms with Gasteiger partial charge in [-0.05, 0) is 43.9 Å². The highest BCUT2D eigenvalue weighted by Crippen LogP contribution is 2.45. The summed E-state index contributed by atoms with van der Waals surface area (Å²) >= 11 is 0. The molecule has 3 aliphatic rings. The van der Waals surface area contributed by atoms with Gasteiger partial charge >= 0.3 is 0 Å². The highest BCUT2D eigenvalue weighted by Gasteiger charge is 2.40. The van der Waals surface area contributed by atoms with E-state index in [4.69, 9.17) is 9.47 Å². The Hall–Kier alpha value is -0.0800. The van der Waals surface area contributed by atoms with Gasteiger partial charge in [-0.3, -0.25) is 4.99 Å². The van der Waals surface area contributed by atoms with Gasteiger partial charge in [-0.1, -0.05) is 12.8 Å². The number of nitrogens with one attached hydrogen (secondary N) is 1. The third kappa shape index (κ3) is 5.46. The Morgan fingerprint density at radius 2 is 2.00 bits per heavy atom. The Bertz CT molecular complexity index is 394. The van der Waals surface area contributed by atoms with Crippen molar-refractivity contribution in [1.29, 1.82) is 0 Å². The maximum absolute atomic E-state index is 5.93. The zero-order chi connectivity index (χ0) is 16.0. The van der Waals surface area contributed by atoms with E-state index in [2.05, 4.69) is 15.2 Å². The zero-order valence-electron chi connectivity index (χ0n) is 15.1. The van der Waals surface area contributed by atoms with E-state index in [9.17, 15) is 0 Å².